The highest BCUT2D eigenvalue weighted by Crippen LogP contribution is 2.28. The van der Waals surface area contributed by atoms with Gasteiger partial charge in [-0.1, -0.05) is 0 Å². The van der Waals surface area contributed by atoms with E-state index in [1.165, 1.54) is 16.4 Å². The Labute approximate surface area is 121 Å². The van der Waals surface area contributed by atoms with Crippen molar-refractivity contribution in [2.24, 2.45) is 5.84 Å². The highest BCUT2D eigenvalue weighted by molar-refractivity contribution is 7.89. The van der Waals surface area contributed by atoms with E-state index in [0.29, 0.717) is 6.61 Å². The number of nitro groups is 1. The second-order valence-corrected chi connectivity index (χ2v) is 6.56. The Balaban J connectivity index is 2.40. The molecule has 10 heteroatoms. The van der Waals surface area contributed by atoms with E-state index in [0.717, 1.165) is 6.07 Å². The third-order valence-electron chi connectivity index (χ3n) is 3.16. The number of nitrogens with zero attached hydrogens (tertiary/aromatic N) is 2. The molecule has 2 rings (SSSR count). The van der Waals surface area contributed by atoms with E-state index in [4.69, 9.17) is 10.6 Å². The lowest BCUT2D eigenvalue weighted by Gasteiger charge is -2.30. The summed E-state index contributed by atoms with van der Waals surface area (Å²) >= 11 is 0. The van der Waals surface area contributed by atoms with Gasteiger partial charge in [-0.3, -0.25) is 16.0 Å². The molecular weight excluding hydrogens is 300 g/mol. The summed E-state index contributed by atoms with van der Waals surface area (Å²) in [5, 5.41) is 11.0. The fraction of sp³-hybridized carbons (Fsp3) is 0.455. The van der Waals surface area contributed by atoms with E-state index in [2.05, 4.69) is 5.43 Å². The van der Waals surface area contributed by atoms with Crippen LogP contribution >= 0.6 is 0 Å². The maximum atomic E-state index is 12.5. The number of anilines is 1. The number of nitrogens with one attached hydrogen (secondary N) is 1. The molecule has 3 N–H and O–H groups in total. The van der Waals surface area contributed by atoms with Crippen LogP contribution in [-0.2, 0) is 14.8 Å². The molecule has 0 bridgehead atoms. The zero-order valence-corrected chi connectivity index (χ0v) is 12.2. The molecule has 0 radical (unpaired) electrons. The van der Waals surface area contributed by atoms with Crippen LogP contribution in [0.1, 0.15) is 6.92 Å². The quantitative estimate of drug-likeness (QED) is 0.464. The lowest BCUT2D eigenvalue weighted by atomic mass is 10.3. The molecule has 9 nitrogen and oxygen atoms in total. The Morgan fingerprint density at radius 2 is 2.24 bits per heavy atom. The van der Waals surface area contributed by atoms with Gasteiger partial charge in [-0.15, -0.1) is 0 Å². The van der Waals surface area contributed by atoms with Crippen molar-refractivity contribution in [2.75, 3.05) is 25.1 Å². The minimum atomic E-state index is -3.80. The second kappa shape index (κ2) is 5.93. The normalized spacial score (nSPS) is 20.2. The van der Waals surface area contributed by atoms with Crippen molar-refractivity contribution in [3.05, 3.63) is 28.3 Å². The van der Waals surface area contributed by atoms with E-state index in [-0.39, 0.29) is 35.5 Å². The number of hydrogen-bond donors (Lipinski definition) is 2. The van der Waals surface area contributed by atoms with Gasteiger partial charge >= 0.3 is 0 Å². The van der Waals surface area contributed by atoms with Gasteiger partial charge in [0, 0.05) is 19.2 Å². The largest absolute Gasteiger partial charge is 0.376 e. The average Bonchev–Trinajstić information content (AvgIpc) is 2.46. The molecule has 0 aromatic heterocycles. The monoisotopic (exact) mass is 316 g/mol. The van der Waals surface area contributed by atoms with Gasteiger partial charge in [-0.25, -0.2) is 8.42 Å². The van der Waals surface area contributed by atoms with Gasteiger partial charge in [0.15, 0.2) is 0 Å². The van der Waals surface area contributed by atoms with Crippen LogP contribution in [0.3, 0.4) is 0 Å². The summed E-state index contributed by atoms with van der Waals surface area (Å²) in [5.41, 5.74) is 1.83. The fourth-order valence-electron chi connectivity index (χ4n) is 2.10. The molecule has 0 aliphatic carbocycles. The summed E-state index contributed by atoms with van der Waals surface area (Å²) in [7, 11) is -3.80. The van der Waals surface area contributed by atoms with Crippen LogP contribution in [0.2, 0.25) is 0 Å². The van der Waals surface area contributed by atoms with Crippen LogP contribution < -0.4 is 11.3 Å². The van der Waals surface area contributed by atoms with Crippen LogP contribution in [-0.4, -0.2) is 43.4 Å². The highest BCUT2D eigenvalue weighted by Gasteiger charge is 2.30. The number of nitrogen functional groups attached to an aromatic ring is 1. The van der Waals surface area contributed by atoms with E-state index < -0.39 is 14.9 Å². The Bertz CT molecular complexity index is 648. The van der Waals surface area contributed by atoms with Crippen molar-refractivity contribution < 1.29 is 18.1 Å². The van der Waals surface area contributed by atoms with Gasteiger partial charge in [-0.2, -0.15) is 4.31 Å². The van der Waals surface area contributed by atoms with Crippen LogP contribution in [0.15, 0.2) is 23.1 Å². The summed E-state index contributed by atoms with van der Waals surface area (Å²) < 4.78 is 31.6. The number of hydrogen-bond acceptors (Lipinski definition) is 7. The Morgan fingerprint density at radius 1 is 1.52 bits per heavy atom. The van der Waals surface area contributed by atoms with Crippen molar-refractivity contribution in [3.8, 4) is 0 Å². The fourth-order valence-corrected chi connectivity index (χ4v) is 3.62. The van der Waals surface area contributed by atoms with Crippen molar-refractivity contribution in [3.63, 3.8) is 0 Å². The maximum Gasteiger partial charge on any atom is 0.294 e. The topological polar surface area (TPSA) is 128 Å². The summed E-state index contributed by atoms with van der Waals surface area (Å²) in [6, 6.07) is 3.57. The van der Waals surface area contributed by atoms with E-state index in [1.54, 1.807) is 6.92 Å². The van der Waals surface area contributed by atoms with Gasteiger partial charge in [0.05, 0.1) is 22.5 Å². The Kier molecular flexibility index (Phi) is 4.42. The standard InChI is InChI=1S/C11H16N4O5S/c1-8-7-14(4-5-20-8)21(18,19)9-2-3-10(13-12)11(6-9)15(16)17/h2-3,6,8,13H,4-5,7,12H2,1H3. The maximum absolute atomic E-state index is 12.5. The third-order valence-corrected chi connectivity index (χ3v) is 5.02. The van der Waals surface area contributed by atoms with E-state index >= 15 is 0 Å². The number of nitro benzene ring substituents is 1. The van der Waals surface area contributed by atoms with Crippen molar-refractivity contribution in [1.29, 1.82) is 0 Å². The first kappa shape index (κ1) is 15.6. The molecule has 0 saturated carbocycles. The number of ether oxygens (including phenoxy) is 1. The van der Waals surface area contributed by atoms with Gasteiger partial charge in [-0.05, 0) is 19.1 Å². The minimum Gasteiger partial charge on any atom is -0.376 e. The lowest BCUT2D eigenvalue weighted by Crippen LogP contribution is -2.44. The van der Waals surface area contributed by atoms with Gasteiger partial charge in [0.1, 0.15) is 5.69 Å². The number of hydrazine groups is 1. The number of nitrogens with two attached hydrogens (primary N) is 1. The number of rotatable bonds is 4. The average molecular weight is 316 g/mol. The molecule has 1 aromatic carbocycles. The number of morpholine rings is 1. The van der Waals surface area contributed by atoms with Crippen molar-refractivity contribution in [2.45, 2.75) is 17.9 Å². The molecule has 0 spiro atoms. The SMILES string of the molecule is CC1CN(S(=O)(=O)c2ccc(NN)c([N+](=O)[O-])c2)CCO1. The predicted molar refractivity (Wildman–Crippen MR) is 75.1 cm³/mol. The summed E-state index contributed by atoms with van der Waals surface area (Å²) in [4.78, 5) is 10.1. The minimum absolute atomic E-state index is 0.0503. The van der Waals surface area contributed by atoms with E-state index in [1.807, 2.05) is 0 Å². The number of benzene rings is 1. The molecule has 1 aliphatic rings. The zero-order chi connectivity index (χ0) is 15.6. The van der Waals surface area contributed by atoms with Gasteiger partial charge in [0.25, 0.3) is 5.69 Å². The second-order valence-electron chi connectivity index (χ2n) is 4.62. The van der Waals surface area contributed by atoms with Crippen LogP contribution in [0, 0.1) is 10.1 Å². The van der Waals surface area contributed by atoms with Crippen LogP contribution in [0.4, 0.5) is 11.4 Å². The summed E-state index contributed by atoms with van der Waals surface area (Å²) in [5.74, 6) is 5.18. The third kappa shape index (κ3) is 3.13. The highest BCUT2D eigenvalue weighted by atomic mass is 32.2. The smallest absolute Gasteiger partial charge is 0.294 e. The lowest BCUT2D eigenvalue weighted by molar-refractivity contribution is -0.384. The first-order valence-corrected chi connectivity index (χ1v) is 7.67. The molecule has 1 atom stereocenters. The molecule has 1 unspecified atom stereocenters. The van der Waals surface area contributed by atoms with Gasteiger partial charge in [0.2, 0.25) is 10.0 Å². The van der Waals surface area contributed by atoms with Crippen LogP contribution in [0.5, 0.6) is 0 Å². The molecule has 1 heterocycles. The first-order chi connectivity index (χ1) is 9.86. The molecule has 0 amide bonds. The molecule has 1 saturated heterocycles. The molecule has 1 aliphatic heterocycles. The first-order valence-electron chi connectivity index (χ1n) is 6.23. The van der Waals surface area contributed by atoms with Gasteiger partial charge < -0.3 is 10.2 Å². The molecule has 21 heavy (non-hydrogen) atoms. The van der Waals surface area contributed by atoms with Crippen LogP contribution in [0.25, 0.3) is 0 Å². The number of sulfonamides is 1. The molecular formula is C11H16N4O5S. The van der Waals surface area contributed by atoms with E-state index in [9.17, 15) is 18.5 Å². The Hall–Kier alpha value is -1.75. The van der Waals surface area contributed by atoms with Crippen molar-refractivity contribution >= 4 is 21.4 Å². The molecule has 1 fully saturated rings. The predicted octanol–water partition coefficient (Wildman–Crippen LogP) is 0.290. The summed E-state index contributed by atoms with van der Waals surface area (Å²) in [6.07, 6.45) is -0.214. The summed E-state index contributed by atoms with van der Waals surface area (Å²) in [6.45, 7) is 2.50. The Morgan fingerprint density at radius 3 is 2.81 bits per heavy atom. The van der Waals surface area contributed by atoms with Crippen molar-refractivity contribution in [1.82, 2.24) is 4.31 Å². The zero-order valence-electron chi connectivity index (χ0n) is 11.4. The molecule has 1 aromatic rings. The molecule has 116 valence electrons.